The van der Waals surface area contributed by atoms with E-state index in [2.05, 4.69) is 20.7 Å². The molecule has 1 aliphatic rings. The quantitative estimate of drug-likeness (QED) is 0.502. The summed E-state index contributed by atoms with van der Waals surface area (Å²) in [4.78, 5) is 22.0. The summed E-state index contributed by atoms with van der Waals surface area (Å²) in [6.45, 7) is 0. The molecule has 7 nitrogen and oxygen atoms in total. The minimum Gasteiger partial charge on any atom is -0.490 e. The van der Waals surface area contributed by atoms with Crippen LogP contribution in [-0.4, -0.2) is 29.6 Å². The molecule has 1 aromatic carbocycles. The molecule has 114 valence electrons. The van der Waals surface area contributed by atoms with Crippen molar-refractivity contribution < 1.29 is 19.2 Å². The number of hydrogen-bond donors (Lipinski definition) is 1. The van der Waals surface area contributed by atoms with E-state index >= 15 is 0 Å². The number of methoxy groups -OCH3 is 1. The minimum atomic E-state index is -1.04. The molecule has 0 radical (unpaired) electrons. The van der Waals surface area contributed by atoms with Crippen LogP contribution >= 0.6 is 15.9 Å². The third kappa shape index (κ3) is 3.51. The molecule has 2 N–H and O–H groups in total. The van der Waals surface area contributed by atoms with Crippen molar-refractivity contribution in [1.82, 2.24) is 0 Å². The van der Waals surface area contributed by atoms with Crippen LogP contribution in [0.25, 0.3) is 0 Å². The lowest BCUT2D eigenvalue weighted by molar-refractivity contribution is -0.385. The number of ether oxygens (including phenoxy) is 2. The van der Waals surface area contributed by atoms with Crippen molar-refractivity contribution in [1.29, 1.82) is 0 Å². The first-order valence-electron chi connectivity index (χ1n) is 6.33. The van der Waals surface area contributed by atoms with Crippen LogP contribution in [0, 0.1) is 10.1 Å². The summed E-state index contributed by atoms with van der Waals surface area (Å²) in [6.07, 6.45) is 1.09. The highest BCUT2D eigenvalue weighted by Crippen LogP contribution is 2.34. The number of hydrogen-bond acceptors (Lipinski definition) is 6. The molecule has 0 spiro atoms. The molecular formula is C13H15BrN2O5. The van der Waals surface area contributed by atoms with Crippen molar-refractivity contribution in [2.75, 3.05) is 7.11 Å². The van der Waals surface area contributed by atoms with Crippen molar-refractivity contribution in [3.63, 3.8) is 0 Å². The Balaban J connectivity index is 2.10. The van der Waals surface area contributed by atoms with Crippen LogP contribution in [0.15, 0.2) is 22.7 Å². The van der Waals surface area contributed by atoms with Gasteiger partial charge in [0.25, 0.3) is 5.69 Å². The molecule has 0 aliphatic heterocycles. The Kier molecular flexibility index (Phi) is 4.48. The molecule has 2 rings (SSSR count). The van der Waals surface area contributed by atoms with Gasteiger partial charge in [-0.05, 0) is 18.9 Å². The highest BCUT2D eigenvalue weighted by atomic mass is 79.9. The molecule has 1 aromatic rings. The van der Waals surface area contributed by atoms with E-state index in [0.717, 1.165) is 0 Å². The van der Waals surface area contributed by atoms with Crippen molar-refractivity contribution in [3.8, 4) is 5.75 Å². The number of halogens is 1. The van der Waals surface area contributed by atoms with Crippen LogP contribution in [0.3, 0.4) is 0 Å². The van der Waals surface area contributed by atoms with Crippen molar-refractivity contribution in [2.45, 2.75) is 30.9 Å². The molecule has 2 unspecified atom stereocenters. The van der Waals surface area contributed by atoms with E-state index in [1.807, 2.05) is 0 Å². The summed E-state index contributed by atoms with van der Waals surface area (Å²) in [5, 5.41) is 10.8. The Morgan fingerprint density at radius 1 is 1.52 bits per heavy atom. The minimum absolute atomic E-state index is 0.0654. The molecule has 21 heavy (non-hydrogen) atoms. The third-order valence-electron chi connectivity index (χ3n) is 3.47. The molecule has 2 atom stereocenters. The van der Waals surface area contributed by atoms with Crippen molar-refractivity contribution >= 4 is 27.6 Å². The van der Waals surface area contributed by atoms with Gasteiger partial charge in [0.15, 0.2) is 0 Å². The van der Waals surface area contributed by atoms with E-state index in [-0.39, 0.29) is 11.8 Å². The van der Waals surface area contributed by atoms with Gasteiger partial charge in [0.1, 0.15) is 17.4 Å². The summed E-state index contributed by atoms with van der Waals surface area (Å²) in [5.74, 6) is -0.0935. The molecule has 1 fully saturated rings. The number of nitrogens with zero attached hydrogens (tertiary/aromatic N) is 1. The number of esters is 1. The van der Waals surface area contributed by atoms with Crippen LogP contribution in [-0.2, 0) is 9.53 Å². The number of nitro groups is 1. The maximum atomic E-state index is 11.6. The van der Waals surface area contributed by atoms with Crippen LogP contribution in [0.5, 0.6) is 5.75 Å². The summed E-state index contributed by atoms with van der Waals surface area (Å²) < 4.78 is 11.0. The second-order valence-electron chi connectivity index (χ2n) is 5.03. The highest BCUT2D eigenvalue weighted by molar-refractivity contribution is 9.10. The van der Waals surface area contributed by atoms with E-state index < -0.39 is 16.4 Å². The summed E-state index contributed by atoms with van der Waals surface area (Å²) in [6, 6.07) is 4.38. The van der Waals surface area contributed by atoms with Gasteiger partial charge in [-0.2, -0.15) is 0 Å². The second-order valence-corrected chi connectivity index (χ2v) is 5.95. The lowest BCUT2D eigenvalue weighted by Crippen LogP contribution is -2.47. The molecule has 8 heteroatoms. The van der Waals surface area contributed by atoms with Gasteiger partial charge < -0.3 is 15.2 Å². The highest BCUT2D eigenvalue weighted by Gasteiger charge is 2.44. The lowest BCUT2D eigenvalue weighted by atomic mass is 10.00. The predicted octanol–water partition coefficient (Wildman–Crippen LogP) is 2.16. The number of non-ortho nitro benzene ring substituents is 1. The van der Waals surface area contributed by atoms with E-state index in [1.54, 1.807) is 6.07 Å². The summed E-state index contributed by atoms with van der Waals surface area (Å²) in [7, 11) is 1.29. The fourth-order valence-corrected chi connectivity index (χ4v) is 2.89. The number of carbonyl (C=O) groups is 1. The summed E-state index contributed by atoms with van der Waals surface area (Å²) >= 11 is 3.20. The van der Waals surface area contributed by atoms with Gasteiger partial charge >= 0.3 is 5.97 Å². The number of nitro benzene ring substituents is 1. The zero-order valence-corrected chi connectivity index (χ0v) is 13.0. The van der Waals surface area contributed by atoms with Crippen LogP contribution in [0.1, 0.15) is 19.3 Å². The Bertz CT molecular complexity index is 580. The van der Waals surface area contributed by atoms with Gasteiger partial charge in [-0.3, -0.25) is 14.9 Å². The number of nitrogens with two attached hydrogens (primary N) is 1. The largest absolute Gasteiger partial charge is 0.490 e. The predicted molar refractivity (Wildman–Crippen MR) is 78.0 cm³/mol. The van der Waals surface area contributed by atoms with Crippen molar-refractivity contribution in [2.24, 2.45) is 5.73 Å². The Morgan fingerprint density at radius 3 is 2.86 bits per heavy atom. The van der Waals surface area contributed by atoms with Gasteiger partial charge in [0.2, 0.25) is 0 Å². The molecule has 1 saturated carbocycles. The van der Waals surface area contributed by atoms with Crippen molar-refractivity contribution in [3.05, 3.63) is 32.8 Å². The van der Waals surface area contributed by atoms with Gasteiger partial charge in [0.05, 0.1) is 18.1 Å². The average molecular weight is 359 g/mol. The molecular weight excluding hydrogens is 344 g/mol. The smallest absolute Gasteiger partial charge is 0.325 e. The molecule has 0 amide bonds. The Morgan fingerprint density at radius 2 is 2.24 bits per heavy atom. The monoisotopic (exact) mass is 358 g/mol. The maximum Gasteiger partial charge on any atom is 0.325 e. The Hall–Kier alpha value is -1.67. The van der Waals surface area contributed by atoms with E-state index in [1.165, 1.54) is 19.2 Å². The average Bonchev–Trinajstić information content (AvgIpc) is 2.79. The summed E-state index contributed by atoms with van der Waals surface area (Å²) in [5.41, 5.74) is 4.88. The number of benzene rings is 1. The molecule has 0 heterocycles. The fraction of sp³-hybridized carbons (Fsp3) is 0.462. The standard InChI is InChI=1S/C13H15BrN2O5/c1-20-12(17)13(15)3-2-10(7-13)21-11-5-8(14)4-9(6-11)16(18)19/h4-6,10H,2-3,7,15H2,1H3. The SMILES string of the molecule is COC(=O)C1(N)CCC(Oc2cc(Br)cc([N+](=O)[O-])c2)C1. The van der Waals surface area contributed by atoms with Gasteiger partial charge in [-0.15, -0.1) is 0 Å². The molecule has 1 aliphatic carbocycles. The topological polar surface area (TPSA) is 105 Å². The van der Waals surface area contributed by atoms with Crippen LogP contribution in [0.4, 0.5) is 5.69 Å². The maximum absolute atomic E-state index is 11.6. The second kappa shape index (κ2) is 5.98. The van der Waals surface area contributed by atoms with E-state index in [0.29, 0.717) is 29.5 Å². The Labute approximate surface area is 129 Å². The molecule has 0 bridgehead atoms. The van der Waals surface area contributed by atoms with Gasteiger partial charge in [-0.25, -0.2) is 0 Å². The van der Waals surface area contributed by atoms with Gasteiger partial charge in [-0.1, -0.05) is 15.9 Å². The number of carbonyl (C=O) groups excluding carboxylic acids is 1. The van der Waals surface area contributed by atoms with E-state index in [9.17, 15) is 14.9 Å². The first-order valence-corrected chi connectivity index (χ1v) is 7.12. The first-order chi connectivity index (χ1) is 9.84. The fourth-order valence-electron chi connectivity index (χ4n) is 2.43. The lowest BCUT2D eigenvalue weighted by Gasteiger charge is -2.20. The zero-order chi connectivity index (χ0) is 15.6. The first kappa shape index (κ1) is 15.7. The third-order valence-corrected chi connectivity index (χ3v) is 3.92. The zero-order valence-electron chi connectivity index (χ0n) is 11.4. The van der Waals surface area contributed by atoms with Crippen LogP contribution < -0.4 is 10.5 Å². The van der Waals surface area contributed by atoms with Gasteiger partial charge in [0, 0.05) is 17.0 Å². The van der Waals surface area contributed by atoms with E-state index in [4.69, 9.17) is 10.5 Å². The molecule has 0 aromatic heterocycles. The number of rotatable bonds is 4. The molecule has 0 saturated heterocycles. The normalized spacial score (nSPS) is 24.6. The van der Waals surface area contributed by atoms with Crippen LogP contribution in [0.2, 0.25) is 0 Å².